The Bertz CT molecular complexity index is 861. The SMILES string of the molecule is CCC(F)C1Oc2ccc(S(C)(C)Cc3ccccc3)cc2C=C1C(=O)O. The highest BCUT2D eigenvalue weighted by atomic mass is 32.3. The molecule has 0 amide bonds. The number of carboxylic acids is 1. The number of benzene rings is 2. The molecule has 0 radical (unpaired) electrons. The molecule has 0 aromatic heterocycles. The fraction of sp³-hybridized carbons (Fsp3) is 0.318. The van der Waals surface area contributed by atoms with Gasteiger partial charge in [-0.15, -0.1) is 0 Å². The summed E-state index contributed by atoms with van der Waals surface area (Å²) in [6.07, 6.45) is 3.85. The Morgan fingerprint density at radius 2 is 1.93 bits per heavy atom. The van der Waals surface area contributed by atoms with Gasteiger partial charge in [-0.25, -0.2) is 19.2 Å². The van der Waals surface area contributed by atoms with Crippen molar-refractivity contribution in [2.24, 2.45) is 0 Å². The van der Waals surface area contributed by atoms with Crippen LogP contribution in [0.3, 0.4) is 0 Å². The molecule has 2 aromatic rings. The summed E-state index contributed by atoms with van der Waals surface area (Å²) in [6.45, 7) is 1.68. The molecule has 3 nitrogen and oxygen atoms in total. The Morgan fingerprint density at radius 3 is 2.56 bits per heavy atom. The smallest absolute Gasteiger partial charge is 0.335 e. The van der Waals surface area contributed by atoms with Gasteiger partial charge >= 0.3 is 5.97 Å². The standard InChI is InChI=1S/C22H25FO3S/c1-4-19(23)21-18(22(24)25)13-16-12-17(10-11-20(16)26-21)27(2,3)14-15-8-6-5-7-9-15/h5-13,19,21H,4,14H2,1-3H3,(H,24,25). The van der Waals surface area contributed by atoms with Gasteiger partial charge in [-0.05, 0) is 53.7 Å². The molecule has 27 heavy (non-hydrogen) atoms. The molecule has 1 aliphatic heterocycles. The van der Waals surface area contributed by atoms with Crippen molar-refractivity contribution < 1.29 is 19.0 Å². The van der Waals surface area contributed by atoms with Gasteiger partial charge in [-0.1, -0.05) is 37.3 Å². The van der Waals surface area contributed by atoms with E-state index in [1.54, 1.807) is 13.0 Å². The van der Waals surface area contributed by atoms with Gasteiger partial charge in [-0.2, -0.15) is 0 Å². The van der Waals surface area contributed by atoms with E-state index in [0.717, 1.165) is 5.75 Å². The van der Waals surface area contributed by atoms with Crippen LogP contribution >= 0.6 is 10.0 Å². The number of carboxylic acid groups (broad SMARTS) is 1. The van der Waals surface area contributed by atoms with Gasteiger partial charge in [-0.3, -0.25) is 0 Å². The van der Waals surface area contributed by atoms with Crippen molar-refractivity contribution in [1.82, 2.24) is 0 Å². The lowest BCUT2D eigenvalue weighted by Gasteiger charge is -2.34. The van der Waals surface area contributed by atoms with E-state index in [0.29, 0.717) is 11.3 Å². The van der Waals surface area contributed by atoms with Gasteiger partial charge in [0.15, 0.2) is 6.10 Å². The van der Waals surface area contributed by atoms with Crippen LogP contribution in [0.1, 0.15) is 24.5 Å². The Labute approximate surface area is 161 Å². The fourth-order valence-corrected chi connectivity index (χ4v) is 5.36. The highest BCUT2D eigenvalue weighted by molar-refractivity contribution is 8.32. The van der Waals surface area contributed by atoms with Crippen LogP contribution in [0.25, 0.3) is 6.08 Å². The van der Waals surface area contributed by atoms with E-state index in [-0.39, 0.29) is 12.0 Å². The summed E-state index contributed by atoms with van der Waals surface area (Å²) >= 11 is 0. The largest absolute Gasteiger partial charge is 0.482 e. The highest BCUT2D eigenvalue weighted by Crippen LogP contribution is 2.53. The first-order chi connectivity index (χ1) is 12.8. The number of alkyl halides is 1. The predicted molar refractivity (Wildman–Crippen MR) is 110 cm³/mol. The number of halogens is 1. The van der Waals surface area contributed by atoms with E-state index in [1.807, 2.05) is 36.4 Å². The molecule has 2 atom stereocenters. The monoisotopic (exact) mass is 388 g/mol. The molecule has 2 aromatic carbocycles. The van der Waals surface area contributed by atoms with Gasteiger partial charge in [0, 0.05) is 11.3 Å². The lowest BCUT2D eigenvalue weighted by atomic mass is 9.97. The van der Waals surface area contributed by atoms with E-state index in [9.17, 15) is 14.3 Å². The minimum Gasteiger partial charge on any atom is -0.482 e. The second kappa shape index (κ2) is 7.77. The van der Waals surface area contributed by atoms with Crippen LogP contribution < -0.4 is 4.74 Å². The van der Waals surface area contributed by atoms with Crippen LogP contribution in [0, 0.1) is 0 Å². The second-order valence-electron chi connectivity index (χ2n) is 7.24. The van der Waals surface area contributed by atoms with Crippen LogP contribution in [-0.4, -0.2) is 35.9 Å². The Hall–Kier alpha value is -2.27. The summed E-state index contributed by atoms with van der Waals surface area (Å²) in [7, 11) is -1.13. The molecule has 0 saturated heterocycles. The molecule has 0 fully saturated rings. The predicted octanol–water partition coefficient (Wildman–Crippen LogP) is 5.29. The molecule has 0 spiro atoms. The van der Waals surface area contributed by atoms with Crippen LogP contribution in [0.5, 0.6) is 5.75 Å². The van der Waals surface area contributed by atoms with Crippen LogP contribution in [0.2, 0.25) is 0 Å². The van der Waals surface area contributed by atoms with Crippen molar-refractivity contribution in [3.63, 3.8) is 0 Å². The first-order valence-electron chi connectivity index (χ1n) is 8.96. The van der Waals surface area contributed by atoms with Crippen LogP contribution in [0.4, 0.5) is 4.39 Å². The average molecular weight is 389 g/mol. The number of aliphatic carboxylic acids is 1. The van der Waals surface area contributed by atoms with Gasteiger partial charge < -0.3 is 9.84 Å². The van der Waals surface area contributed by atoms with Crippen LogP contribution in [0.15, 0.2) is 59.0 Å². The Morgan fingerprint density at radius 1 is 1.22 bits per heavy atom. The third kappa shape index (κ3) is 4.19. The minimum absolute atomic E-state index is 0.0233. The zero-order chi connectivity index (χ0) is 19.6. The van der Waals surface area contributed by atoms with Gasteiger partial charge in [0.1, 0.15) is 11.9 Å². The number of hydrogen-bond donors (Lipinski definition) is 1. The summed E-state index contributed by atoms with van der Waals surface area (Å²) in [6, 6.07) is 16.2. The molecule has 3 rings (SSSR count). The first kappa shape index (κ1) is 19.5. The van der Waals surface area contributed by atoms with Crippen LogP contribution in [-0.2, 0) is 10.5 Å². The Balaban J connectivity index is 1.94. The maximum Gasteiger partial charge on any atom is 0.335 e. The molecule has 0 saturated carbocycles. The lowest BCUT2D eigenvalue weighted by molar-refractivity contribution is -0.134. The van der Waals surface area contributed by atoms with Crippen molar-refractivity contribution in [3.8, 4) is 5.75 Å². The topological polar surface area (TPSA) is 46.5 Å². The van der Waals surface area contributed by atoms with Gasteiger partial charge in [0.2, 0.25) is 0 Å². The number of hydrogen-bond acceptors (Lipinski definition) is 2. The van der Waals surface area contributed by atoms with Crippen molar-refractivity contribution in [2.75, 3.05) is 12.5 Å². The molecule has 5 heteroatoms. The van der Waals surface area contributed by atoms with Crippen molar-refractivity contribution in [3.05, 3.63) is 65.2 Å². The molecule has 0 bridgehead atoms. The second-order valence-corrected chi connectivity index (χ2v) is 11.1. The van der Waals surface area contributed by atoms with E-state index in [4.69, 9.17) is 4.74 Å². The van der Waals surface area contributed by atoms with Crippen molar-refractivity contribution in [2.45, 2.75) is 36.3 Å². The number of ether oxygens (including phenoxy) is 1. The van der Waals surface area contributed by atoms with Crippen molar-refractivity contribution in [1.29, 1.82) is 0 Å². The summed E-state index contributed by atoms with van der Waals surface area (Å²) < 4.78 is 19.9. The maximum atomic E-state index is 14.2. The third-order valence-corrected chi connectivity index (χ3v) is 7.41. The summed E-state index contributed by atoms with van der Waals surface area (Å²) in [5, 5.41) is 9.49. The quantitative estimate of drug-likeness (QED) is 0.732. The fourth-order valence-electron chi connectivity index (χ4n) is 3.28. The van der Waals surface area contributed by atoms with E-state index < -0.39 is 28.3 Å². The van der Waals surface area contributed by atoms with Gasteiger partial charge in [0.25, 0.3) is 0 Å². The first-order valence-corrected chi connectivity index (χ1v) is 11.6. The number of carbonyl (C=O) groups is 1. The molecular weight excluding hydrogens is 363 g/mol. The normalized spacial score (nSPS) is 18.1. The summed E-state index contributed by atoms with van der Waals surface area (Å²) in [5.74, 6) is 0.344. The van der Waals surface area contributed by atoms with Gasteiger partial charge in [0.05, 0.1) is 5.57 Å². The lowest BCUT2D eigenvalue weighted by Crippen LogP contribution is -2.35. The van der Waals surface area contributed by atoms with E-state index in [2.05, 4.69) is 24.6 Å². The molecule has 1 aliphatic rings. The number of fused-ring (bicyclic) bond motifs is 1. The maximum absolute atomic E-state index is 14.2. The molecule has 0 aliphatic carbocycles. The third-order valence-electron chi connectivity index (χ3n) is 4.83. The molecule has 2 unspecified atom stereocenters. The summed E-state index contributed by atoms with van der Waals surface area (Å²) in [5.41, 5.74) is 1.96. The minimum atomic E-state index is -1.35. The molecular formula is C22H25FO3S. The van der Waals surface area contributed by atoms with Crippen molar-refractivity contribution >= 4 is 22.1 Å². The summed E-state index contributed by atoms with van der Waals surface area (Å²) in [4.78, 5) is 12.8. The molecule has 1 heterocycles. The zero-order valence-electron chi connectivity index (χ0n) is 15.8. The highest BCUT2D eigenvalue weighted by Gasteiger charge is 2.34. The molecule has 144 valence electrons. The average Bonchev–Trinajstić information content (AvgIpc) is 2.66. The van der Waals surface area contributed by atoms with E-state index >= 15 is 0 Å². The van der Waals surface area contributed by atoms with E-state index in [1.165, 1.54) is 10.5 Å². The Kier molecular flexibility index (Phi) is 5.61. The zero-order valence-corrected chi connectivity index (χ0v) is 16.6. The molecule has 1 N–H and O–H groups in total. The number of rotatable bonds is 6.